The van der Waals surface area contributed by atoms with E-state index >= 15 is 0 Å². The lowest BCUT2D eigenvalue weighted by Crippen LogP contribution is -2.04. The fourth-order valence-electron chi connectivity index (χ4n) is 1.98. The Morgan fingerprint density at radius 2 is 1.80 bits per heavy atom. The number of alkyl halides is 3. The molecule has 0 saturated heterocycles. The van der Waals surface area contributed by atoms with Crippen molar-refractivity contribution in [3.8, 4) is 11.1 Å². The molecule has 0 amide bonds. The van der Waals surface area contributed by atoms with Crippen LogP contribution < -0.4 is 5.73 Å². The topological polar surface area (TPSA) is 26.0 Å². The molecule has 0 aliphatic carbocycles. The molecular formula is C15H13ClF3N. The second-order valence-corrected chi connectivity index (χ2v) is 4.84. The summed E-state index contributed by atoms with van der Waals surface area (Å²) in [5, 5.41) is 0.426. The van der Waals surface area contributed by atoms with Gasteiger partial charge in [0.15, 0.2) is 0 Å². The smallest absolute Gasteiger partial charge is 0.330 e. The van der Waals surface area contributed by atoms with Crippen molar-refractivity contribution in [3.05, 3.63) is 58.6 Å². The lowest BCUT2D eigenvalue weighted by molar-refractivity contribution is -0.137. The van der Waals surface area contributed by atoms with Gasteiger partial charge >= 0.3 is 6.18 Å². The van der Waals surface area contributed by atoms with Crippen LogP contribution in [0.5, 0.6) is 0 Å². The van der Waals surface area contributed by atoms with E-state index in [0.29, 0.717) is 29.1 Å². The van der Waals surface area contributed by atoms with Crippen LogP contribution >= 0.6 is 11.6 Å². The summed E-state index contributed by atoms with van der Waals surface area (Å²) in [4.78, 5) is 0. The van der Waals surface area contributed by atoms with Gasteiger partial charge in [-0.05, 0) is 42.3 Å². The molecule has 0 atom stereocenters. The summed E-state index contributed by atoms with van der Waals surface area (Å²) in [5.41, 5.74) is 6.77. The third kappa shape index (κ3) is 3.32. The van der Waals surface area contributed by atoms with E-state index in [1.54, 1.807) is 18.2 Å². The van der Waals surface area contributed by atoms with E-state index < -0.39 is 11.7 Å². The van der Waals surface area contributed by atoms with E-state index in [1.807, 2.05) is 6.07 Å². The summed E-state index contributed by atoms with van der Waals surface area (Å²) in [6, 6.07) is 10.4. The van der Waals surface area contributed by atoms with Crippen molar-refractivity contribution >= 4 is 11.6 Å². The third-order valence-electron chi connectivity index (χ3n) is 2.97. The first-order valence-electron chi connectivity index (χ1n) is 6.08. The van der Waals surface area contributed by atoms with Crippen LogP contribution in [0.1, 0.15) is 11.1 Å². The normalized spacial score (nSPS) is 11.7. The Bertz CT molecular complexity index is 608. The van der Waals surface area contributed by atoms with Gasteiger partial charge in [0.25, 0.3) is 0 Å². The summed E-state index contributed by atoms with van der Waals surface area (Å²) in [5.74, 6) is 0. The standard InChI is InChI=1S/C15H13ClF3N/c16-14-8-10(6-7-20)4-5-13(14)11-2-1-3-12(9-11)15(17,18)19/h1-5,8-9H,6-7,20H2. The second kappa shape index (κ2) is 5.85. The van der Waals surface area contributed by atoms with E-state index in [1.165, 1.54) is 6.07 Å². The highest BCUT2D eigenvalue weighted by molar-refractivity contribution is 6.33. The Kier molecular flexibility index (Phi) is 4.35. The highest BCUT2D eigenvalue weighted by Gasteiger charge is 2.30. The number of halogens is 4. The summed E-state index contributed by atoms with van der Waals surface area (Å²) in [7, 11) is 0. The number of benzene rings is 2. The van der Waals surface area contributed by atoms with E-state index in [0.717, 1.165) is 17.7 Å². The first-order valence-corrected chi connectivity index (χ1v) is 6.46. The molecule has 2 rings (SSSR count). The van der Waals surface area contributed by atoms with Gasteiger partial charge < -0.3 is 5.73 Å². The number of hydrogen-bond acceptors (Lipinski definition) is 1. The van der Waals surface area contributed by atoms with Gasteiger partial charge in [-0.25, -0.2) is 0 Å². The lowest BCUT2D eigenvalue weighted by atomic mass is 10.0. The molecule has 0 aliphatic rings. The van der Waals surface area contributed by atoms with E-state index in [2.05, 4.69) is 0 Å². The SMILES string of the molecule is NCCc1ccc(-c2cccc(C(F)(F)F)c2)c(Cl)c1. The van der Waals surface area contributed by atoms with Crippen LogP contribution in [0.15, 0.2) is 42.5 Å². The maximum absolute atomic E-state index is 12.7. The van der Waals surface area contributed by atoms with Crippen LogP contribution in [-0.2, 0) is 12.6 Å². The van der Waals surface area contributed by atoms with Gasteiger partial charge in [0.05, 0.1) is 5.56 Å². The Hall–Kier alpha value is -1.52. The predicted octanol–water partition coefficient (Wildman–Crippen LogP) is 4.53. The zero-order valence-corrected chi connectivity index (χ0v) is 11.3. The summed E-state index contributed by atoms with van der Waals surface area (Å²) in [6.45, 7) is 0.499. The summed E-state index contributed by atoms with van der Waals surface area (Å²) < 4.78 is 38.1. The minimum atomic E-state index is -4.36. The fourth-order valence-corrected chi connectivity index (χ4v) is 2.29. The highest BCUT2D eigenvalue weighted by atomic mass is 35.5. The first-order chi connectivity index (χ1) is 9.41. The van der Waals surface area contributed by atoms with Crippen LogP contribution in [0, 0.1) is 0 Å². The molecule has 0 aromatic heterocycles. The minimum Gasteiger partial charge on any atom is -0.330 e. The molecule has 1 nitrogen and oxygen atoms in total. The van der Waals surface area contributed by atoms with Crippen molar-refractivity contribution in [3.63, 3.8) is 0 Å². The molecule has 2 N–H and O–H groups in total. The van der Waals surface area contributed by atoms with Crippen LogP contribution in [0.4, 0.5) is 13.2 Å². The maximum Gasteiger partial charge on any atom is 0.416 e. The molecule has 106 valence electrons. The molecule has 0 spiro atoms. The Morgan fingerprint density at radius 3 is 2.40 bits per heavy atom. The molecule has 0 fully saturated rings. The van der Waals surface area contributed by atoms with Gasteiger partial charge in [0, 0.05) is 10.6 Å². The molecule has 5 heteroatoms. The van der Waals surface area contributed by atoms with Crippen molar-refractivity contribution in [2.45, 2.75) is 12.6 Å². The number of hydrogen-bond donors (Lipinski definition) is 1. The van der Waals surface area contributed by atoms with Gasteiger partial charge in [0.2, 0.25) is 0 Å². The highest BCUT2D eigenvalue weighted by Crippen LogP contribution is 2.34. The van der Waals surface area contributed by atoms with Crippen molar-refractivity contribution in [1.82, 2.24) is 0 Å². The van der Waals surface area contributed by atoms with E-state index in [-0.39, 0.29) is 0 Å². The van der Waals surface area contributed by atoms with Gasteiger partial charge in [-0.15, -0.1) is 0 Å². The lowest BCUT2D eigenvalue weighted by Gasteiger charge is -2.11. The van der Waals surface area contributed by atoms with Crippen molar-refractivity contribution in [2.75, 3.05) is 6.54 Å². The molecule has 0 saturated carbocycles. The fraction of sp³-hybridized carbons (Fsp3) is 0.200. The molecule has 2 aromatic carbocycles. The van der Waals surface area contributed by atoms with Crippen LogP contribution in [-0.4, -0.2) is 6.54 Å². The molecule has 0 bridgehead atoms. The Morgan fingerprint density at radius 1 is 1.05 bits per heavy atom. The van der Waals surface area contributed by atoms with Gasteiger partial charge in [0.1, 0.15) is 0 Å². The molecule has 20 heavy (non-hydrogen) atoms. The van der Waals surface area contributed by atoms with Crippen molar-refractivity contribution in [1.29, 1.82) is 0 Å². The number of rotatable bonds is 3. The predicted molar refractivity (Wildman–Crippen MR) is 74.6 cm³/mol. The van der Waals surface area contributed by atoms with Crippen LogP contribution in [0.25, 0.3) is 11.1 Å². The summed E-state index contributed by atoms with van der Waals surface area (Å²) in [6.07, 6.45) is -3.68. The van der Waals surface area contributed by atoms with Gasteiger partial charge in [-0.2, -0.15) is 13.2 Å². The Labute approximate surface area is 120 Å². The van der Waals surface area contributed by atoms with E-state index in [4.69, 9.17) is 17.3 Å². The third-order valence-corrected chi connectivity index (χ3v) is 3.28. The average molecular weight is 300 g/mol. The van der Waals surface area contributed by atoms with Crippen molar-refractivity contribution in [2.24, 2.45) is 5.73 Å². The minimum absolute atomic E-state index is 0.426. The zero-order valence-electron chi connectivity index (χ0n) is 10.5. The molecule has 0 heterocycles. The molecule has 2 aromatic rings. The quantitative estimate of drug-likeness (QED) is 0.885. The Balaban J connectivity index is 2.41. The average Bonchev–Trinajstić information content (AvgIpc) is 2.38. The van der Waals surface area contributed by atoms with Gasteiger partial charge in [-0.1, -0.05) is 35.9 Å². The molecule has 0 unspecified atom stereocenters. The maximum atomic E-state index is 12.7. The summed E-state index contributed by atoms with van der Waals surface area (Å²) >= 11 is 6.14. The van der Waals surface area contributed by atoms with Crippen molar-refractivity contribution < 1.29 is 13.2 Å². The largest absolute Gasteiger partial charge is 0.416 e. The van der Waals surface area contributed by atoms with Crippen LogP contribution in [0.2, 0.25) is 5.02 Å². The van der Waals surface area contributed by atoms with Crippen LogP contribution in [0.3, 0.4) is 0 Å². The monoisotopic (exact) mass is 299 g/mol. The number of nitrogens with two attached hydrogens (primary N) is 1. The molecule has 0 radical (unpaired) electrons. The second-order valence-electron chi connectivity index (χ2n) is 4.43. The van der Waals surface area contributed by atoms with E-state index in [9.17, 15) is 13.2 Å². The first kappa shape index (κ1) is 14.9. The molecule has 0 aliphatic heterocycles. The molecular weight excluding hydrogens is 287 g/mol. The zero-order chi connectivity index (χ0) is 14.8. The van der Waals surface area contributed by atoms with Gasteiger partial charge in [-0.3, -0.25) is 0 Å².